The normalized spacial score (nSPS) is 14.7. The minimum absolute atomic E-state index is 0.00836. The van der Waals surface area contributed by atoms with Gasteiger partial charge in [-0.1, -0.05) is 6.07 Å². The first kappa shape index (κ1) is 18.6. The van der Waals surface area contributed by atoms with Crippen LogP contribution in [0.1, 0.15) is 23.2 Å². The lowest BCUT2D eigenvalue weighted by Gasteiger charge is -2.33. The van der Waals surface area contributed by atoms with Crippen molar-refractivity contribution in [2.45, 2.75) is 19.4 Å². The van der Waals surface area contributed by atoms with Crippen molar-refractivity contribution < 1.29 is 14.7 Å². The maximum atomic E-state index is 12.1. The Morgan fingerprint density at radius 2 is 1.96 bits per heavy atom. The van der Waals surface area contributed by atoms with Gasteiger partial charge in [-0.15, -0.1) is 0 Å². The smallest absolute Gasteiger partial charge is 0.339 e. The quantitative estimate of drug-likeness (QED) is 0.785. The van der Waals surface area contributed by atoms with Gasteiger partial charge in [-0.25, -0.2) is 9.78 Å². The summed E-state index contributed by atoms with van der Waals surface area (Å²) in [4.78, 5) is 41.2. The zero-order valence-electron chi connectivity index (χ0n) is 14.9. The van der Waals surface area contributed by atoms with Gasteiger partial charge in [0.2, 0.25) is 5.91 Å². The van der Waals surface area contributed by atoms with Gasteiger partial charge in [0.15, 0.2) is 0 Å². The highest BCUT2D eigenvalue weighted by Crippen LogP contribution is 2.24. The Hall–Kier alpha value is -3.16. The summed E-state index contributed by atoms with van der Waals surface area (Å²) in [7, 11) is 0. The van der Waals surface area contributed by atoms with E-state index in [1.807, 2.05) is 4.90 Å². The highest BCUT2D eigenvalue weighted by atomic mass is 16.4. The summed E-state index contributed by atoms with van der Waals surface area (Å²) < 4.78 is 1.37. The summed E-state index contributed by atoms with van der Waals surface area (Å²) in [6, 6.07) is 7.96. The summed E-state index contributed by atoms with van der Waals surface area (Å²) in [6.07, 6.45) is 4.86. The average molecular weight is 370 g/mol. The molecule has 0 bridgehead atoms. The van der Waals surface area contributed by atoms with Crippen LogP contribution in [-0.4, -0.2) is 46.2 Å². The molecule has 8 heteroatoms. The molecule has 3 heterocycles. The fourth-order valence-electron chi connectivity index (χ4n) is 3.22. The lowest BCUT2D eigenvalue weighted by molar-refractivity contribution is -0.121. The molecular weight excluding hydrogens is 348 g/mol. The summed E-state index contributed by atoms with van der Waals surface area (Å²) in [5, 5.41) is 12.2. The largest absolute Gasteiger partial charge is 0.478 e. The Morgan fingerprint density at radius 3 is 2.67 bits per heavy atom. The molecule has 142 valence electrons. The Kier molecular flexibility index (Phi) is 5.85. The highest BCUT2D eigenvalue weighted by Gasteiger charge is 2.23. The predicted molar refractivity (Wildman–Crippen MR) is 99.8 cm³/mol. The first-order valence-electron chi connectivity index (χ1n) is 8.90. The van der Waals surface area contributed by atoms with Crippen molar-refractivity contribution in [3.63, 3.8) is 0 Å². The summed E-state index contributed by atoms with van der Waals surface area (Å²) in [5.74, 6) is -0.363. The van der Waals surface area contributed by atoms with Crippen molar-refractivity contribution >= 4 is 17.7 Å². The van der Waals surface area contributed by atoms with Crippen molar-refractivity contribution in [1.29, 1.82) is 0 Å². The maximum absolute atomic E-state index is 12.1. The minimum atomic E-state index is -0.983. The zero-order chi connectivity index (χ0) is 19.2. The number of carboxylic acid groups (broad SMARTS) is 1. The SMILES string of the molecule is O=C(Cn1ccccc1=O)NCC1CCN(c2ncccc2C(=O)O)CC1. The molecule has 2 aromatic rings. The van der Waals surface area contributed by atoms with E-state index in [0.717, 1.165) is 12.8 Å². The van der Waals surface area contributed by atoms with Gasteiger partial charge in [-0.2, -0.15) is 0 Å². The number of hydrogen-bond acceptors (Lipinski definition) is 5. The van der Waals surface area contributed by atoms with E-state index in [1.54, 1.807) is 36.7 Å². The molecule has 0 spiro atoms. The summed E-state index contributed by atoms with van der Waals surface area (Å²) >= 11 is 0. The Bertz CT molecular complexity index is 872. The Labute approximate surface area is 156 Å². The standard InChI is InChI=1S/C19H22N4O4/c24-16(13-23-9-2-1-5-17(23)25)21-12-14-6-10-22(11-7-14)18-15(19(26)27)4-3-8-20-18/h1-5,8-9,14H,6-7,10-13H2,(H,21,24)(H,26,27). The van der Waals surface area contributed by atoms with E-state index < -0.39 is 5.97 Å². The summed E-state index contributed by atoms with van der Waals surface area (Å²) in [5.41, 5.74) is 0.00288. The second-order valence-corrected chi connectivity index (χ2v) is 6.58. The molecule has 0 radical (unpaired) electrons. The molecule has 0 aromatic carbocycles. The molecule has 1 fully saturated rings. The van der Waals surface area contributed by atoms with Gasteiger partial charge >= 0.3 is 5.97 Å². The molecule has 2 N–H and O–H groups in total. The van der Waals surface area contributed by atoms with E-state index in [-0.39, 0.29) is 23.6 Å². The topological polar surface area (TPSA) is 105 Å². The molecule has 1 saturated heterocycles. The number of nitrogens with zero attached hydrogens (tertiary/aromatic N) is 3. The number of carbonyl (C=O) groups is 2. The zero-order valence-corrected chi connectivity index (χ0v) is 14.9. The molecule has 0 atom stereocenters. The molecular formula is C19H22N4O4. The van der Waals surface area contributed by atoms with Crippen molar-refractivity contribution in [2.75, 3.05) is 24.5 Å². The monoisotopic (exact) mass is 370 g/mol. The number of pyridine rings is 2. The van der Waals surface area contributed by atoms with Gasteiger partial charge in [0.1, 0.15) is 17.9 Å². The van der Waals surface area contributed by atoms with Crippen LogP contribution < -0.4 is 15.8 Å². The first-order chi connectivity index (χ1) is 13.0. The van der Waals surface area contributed by atoms with Crippen molar-refractivity contribution in [3.05, 3.63) is 58.6 Å². The fourth-order valence-corrected chi connectivity index (χ4v) is 3.22. The van der Waals surface area contributed by atoms with Crippen molar-refractivity contribution in [3.8, 4) is 0 Å². The van der Waals surface area contributed by atoms with Gasteiger partial charge in [0, 0.05) is 38.1 Å². The summed E-state index contributed by atoms with van der Waals surface area (Å²) in [6.45, 7) is 1.93. The molecule has 1 aliphatic heterocycles. The van der Waals surface area contributed by atoms with Crippen LogP contribution in [0.2, 0.25) is 0 Å². The highest BCUT2D eigenvalue weighted by molar-refractivity contribution is 5.93. The van der Waals surface area contributed by atoms with E-state index in [1.165, 1.54) is 10.6 Å². The maximum Gasteiger partial charge on any atom is 0.339 e. The molecule has 0 saturated carbocycles. The Balaban J connectivity index is 1.49. The average Bonchev–Trinajstić information content (AvgIpc) is 2.68. The van der Waals surface area contributed by atoms with Gasteiger partial charge < -0.3 is 19.9 Å². The van der Waals surface area contributed by atoms with Gasteiger partial charge in [0.25, 0.3) is 5.56 Å². The van der Waals surface area contributed by atoms with E-state index in [0.29, 0.717) is 31.4 Å². The number of aromatic carboxylic acids is 1. The van der Waals surface area contributed by atoms with Crippen LogP contribution in [0.3, 0.4) is 0 Å². The number of piperidine rings is 1. The third-order valence-electron chi connectivity index (χ3n) is 4.73. The second-order valence-electron chi connectivity index (χ2n) is 6.58. The van der Waals surface area contributed by atoms with Crippen LogP contribution in [-0.2, 0) is 11.3 Å². The molecule has 8 nitrogen and oxygen atoms in total. The number of nitrogens with one attached hydrogen (secondary N) is 1. The van der Waals surface area contributed by atoms with Crippen LogP contribution in [0.5, 0.6) is 0 Å². The lowest BCUT2D eigenvalue weighted by Crippen LogP contribution is -2.40. The second kappa shape index (κ2) is 8.48. The Morgan fingerprint density at radius 1 is 1.19 bits per heavy atom. The van der Waals surface area contributed by atoms with E-state index in [9.17, 15) is 19.5 Å². The third kappa shape index (κ3) is 4.72. The molecule has 0 unspecified atom stereocenters. The number of aromatic nitrogens is 2. The van der Waals surface area contributed by atoms with Crippen LogP contribution >= 0.6 is 0 Å². The van der Waals surface area contributed by atoms with E-state index in [2.05, 4.69) is 10.3 Å². The molecule has 3 rings (SSSR count). The van der Waals surface area contributed by atoms with Crippen molar-refractivity contribution in [1.82, 2.24) is 14.9 Å². The van der Waals surface area contributed by atoms with Crippen molar-refractivity contribution in [2.24, 2.45) is 5.92 Å². The molecule has 1 aliphatic rings. The number of hydrogen-bond donors (Lipinski definition) is 2. The lowest BCUT2D eigenvalue weighted by atomic mass is 9.96. The molecule has 0 aliphatic carbocycles. The molecule has 27 heavy (non-hydrogen) atoms. The van der Waals surface area contributed by atoms with E-state index >= 15 is 0 Å². The van der Waals surface area contributed by atoms with E-state index in [4.69, 9.17) is 0 Å². The third-order valence-corrected chi connectivity index (χ3v) is 4.73. The molecule has 1 amide bonds. The fraction of sp³-hybridized carbons (Fsp3) is 0.368. The van der Waals surface area contributed by atoms with Crippen LogP contribution in [0, 0.1) is 5.92 Å². The van der Waals surface area contributed by atoms with Crippen LogP contribution in [0.15, 0.2) is 47.5 Å². The van der Waals surface area contributed by atoms with Crippen LogP contribution in [0.4, 0.5) is 5.82 Å². The minimum Gasteiger partial charge on any atom is -0.478 e. The molecule has 2 aromatic heterocycles. The number of anilines is 1. The number of carbonyl (C=O) groups excluding carboxylic acids is 1. The van der Waals surface area contributed by atoms with Crippen LogP contribution in [0.25, 0.3) is 0 Å². The number of amides is 1. The first-order valence-corrected chi connectivity index (χ1v) is 8.90. The predicted octanol–water partition coefficient (Wildman–Crippen LogP) is 0.974. The van der Waals surface area contributed by atoms with Gasteiger partial charge in [0.05, 0.1) is 0 Å². The number of carboxylic acids is 1. The van der Waals surface area contributed by atoms with Gasteiger partial charge in [-0.3, -0.25) is 9.59 Å². The number of rotatable bonds is 6. The van der Waals surface area contributed by atoms with Gasteiger partial charge in [-0.05, 0) is 37.0 Å².